The van der Waals surface area contributed by atoms with Gasteiger partial charge in [0.25, 0.3) is 5.56 Å². The zero-order valence-electron chi connectivity index (χ0n) is 20.1. The Morgan fingerprint density at radius 2 is 1.82 bits per heavy atom. The molecule has 182 valence electrons. The first-order valence-electron chi connectivity index (χ1n) is 11.0. The van der Waals surface area contributed by atoms with E-state index in [0.717, 1.165) is 17.7 Å². The Morgan fingerprint density at radius 3 is 2.36 bits per heavy atom. The van der Waals surface area contributed by atoms with Crippen LogP contribution >= 0.6 is 0 Å². The van der Waals surface area contributed by atoms with Crippen LogP contribution in [-0.2, 0) is 22.6 Å². The zero-order chi connectivity index (χ0) is 24.9. The topological polar surface area (TPSA) is 60.7 Å². The van der Waals surface area contributed by atoms with Crippen LogP contribution in [-0.4, -0.2) is 30.4 Å². The van der Waals surface area contributed by atoms with E-state index in [1.165, 1.54) is 10.6 Å². The molecule has 0 unspecified atom stereocenters. The Morgan fingerprint density at radius 1 is 1.18 bits per heavy atom. The highest BCUT2D eigenvalue weighted by molar-refractivity contribution is 6.48. The average molecular weight is 484 g/mol. The summed E-state index contributed by atoms with van der Waals surface area (Å²) in [5, 5.41) is 11.2. The molecule has 3 rings (SSSR count). The number of fused-ring (bicyclic) bond motifs is 1. The van der Waals surface area contributed by atoms with Gasteiger partial charge in [0.05, 0.1) is 18.2 Å². The average Bonchev–Trinajstić information content (AvgIpc) is 2.66. The molecule has 1 aromatic carbocycles. The number of nitrogens with zero attached hydrogens (tertiary/aromatic N) is 1. The molecule has 0 saturated carbocycles. The molecular weight excluding hydrogens is 451 g/mol. The molecule has 0 saturated heterocycles. The summed E-state index contributed by atoms with van der Waals surface area (Å²) < 4.78 is 53.4. The van der Waals surface area contributed by atoms with E-state index in [0.29, 0.717) is 5.56 Å². The van der Waals surface area contributed by atoms with E-state index in [1.807, 2.05) is 33.9 Å². The summed E-state index contributed by atoms with van der Waals surface area (Å²) in [6.07, 6.45) is -4.28. The van der Waals surface area contributed by atoms with Crippen LogP contribution in [0, 0.1) is 0 Å². The van der Waals surface area contributed by atoms with E-state index >= 15 is 0 Å². The van der Waals surface area contributed by atoms with Crippen molar-refractivity contribution in [1.29, 1.82) is 0 Å². The SMILES string of the molecule is C[SiH](C)OCc1c(C(C)(C)C)ccn([C@@H]2c3cc(C(F)(F)F)ccc3OC(C)(C)[C@H]2O)c1=O. The first kappa shape index (κ1) is 25.5. The van der Waals surface area contributed by atoms with Gasteiger partial charge in [0.1, 0.15) is 17.5 Å². The molecule has 9 heteroatoms. The highest BCUT2D eigenvalue weighted by Crippen LogP contribution is 2.44. The zero-order valence-corrected chi connectivity index (χ0v) is 21.2. The lowest BCUT2D eigenvalue weighted by molar-refractivity contribution is -0.137. The van der Waals surface area contributed by atoms with Crippen molar-refractivity contribution < 1.29 is 27.4 Å². The van der Waals surface area contributed by atoms with Crippen molar-refractivity contribution in [3.63, 3.8) is 0 Å². The number of rotatable bonds is 4. The number of hydrogen-bond acceptors (Lipinski definition) is 4. The van der Waals surface area contributed by atoms with Gasteiger partial charge in [-0.15, -0.1) is 0 Å². The van der Waals surface area contributed by atoms with Gasteiger partial charge in [-0.25, -0.2) is 0 Å². The van der Waals surface area contributed by atoms with Crippen molar-refractivity contribution in [1.82, 2.24) is 4.57 Å². The summed E-state index contributed by atoms with van der Waals surface area (Å²) in [5.74, 6) is 0.211. The Hall–Kier alpha value is -2.10. The molecule has 1 aromatic heterocycles. The van der Waals surface area contributed by atoms with E-state index in [-0.39, 0.29) is 28.9 Å². The second-order valence-corrected chi connectivity index (χ2v) is 12.8. The molecule has 5 nitrogen and oxygen atoms in total. The van der Waals surface area contributed by atoms with Crippen molar-refractivity contribution in [3.8, 4) is 5.75 Å². The van der Waals surface area contributed by atoms with Crippen LogP contribution in [0.3, 0.4) is 0 Å². The highest BCUT2D eigenvalue weighted by Gasteiger charge is 2.45. The molecule has 1 aliphatic rings. The van der Waals surface area contributed by atoms with Crippen molar-refractivity contribution in [3.05, 3.63) is 63.1 Å². The molecule has 0 fully saturated rings. The van der Waals surface area contributed by atoms with Gasteiger partial charge in [0, 0.05) is 17.3 Å². The van der Waals surface area contributed by atoms with Gasteiger partial charge >= 0.3 is 6.18 Å². The molecule has 2 aromatic rings. The molecule has 33 heavy (non-hydrogen) atoms. The van der Waals surface area contributed by atoms with Crippen LogP contribution < -0.4 is 10.3 Å². The van der Waals surface area contributed by atoms with Gasteiger partial charge < -0.3 is 18.8 Å². The highest BCUT2D eigenvalue weighted by atomic mass is 28.3. The van der Waals surface area contributed by atoms with Crippen LogP contribution in [0.1, 0.15) is 62.9 Å². The minimum absolute atomic E-state index is 0.118. The van der Waals surface area contributed by atoms with Gasteiger partial charge in [-0.3, -0.25) is 4.79 Å². The van der Waals surface area contributed by atoms with Gasteiger partial charge in [0.2, 0.25) is 0 Å². The molecule has 1 N–H and O–H groups in total. The van der Waals surface area contributed by atoms with Crippen LogP contribution in [0.4, 0.5) is 13.2 Å². The van der Waals surface area contributed by atoms with Gasteiger partial charge in [-0.05, 0) is 62.2 Å². The maximum atomic E-state index is 13.7. The molecule has 0 spiro atoms. The molecular formula is C24H32F3NO4Si. The number of aromatic nitrogens is 1. The number of halogens is 3. The number of ether oxygens (including phenoxy) is 1. The number of hydrogen-bond donors (Lipinski definition) is 1. The summed E-state index contributed by atoms with van der Waals surface area (Å²) in [6, 6.07) is 3.90. The molecule has 2 atom stereocenters. The van der Waals surface area contributed by atoms with Gasteiger partial charge in [0.15, 0.2) is 9.04 Å². The Balaban J connectivity index is 2.27. The Kier molecular flexibility index (Phi) is 6.65. The van der Waals surface area contributed by atoms with Crippen molar-refractivity contribution in [2.24, 2.45) is 0 Å². The number of aliphatic hydroxyl groups is 1. The van der Waals surface area contributed by atoms with E-state index in [4.69, 9.17) is 9.16 Å². The largest absolute Gasteiger partial charge is 0.485 e. The smallest absolute Gasteiger partial charge is 0.416 e. The lowest BCUT2D eigenvalue weighted by Gasteiger charge is -2.43. The summed E-state index contributed by atoms with van der Waals surface area (Å²) in [5.41, 5.74) is -1.34. The monoisotopic (exact) mass is 483 g/mol. The van der Waals surface area contributed by atoms with Crippen LogP contribution in [0.5, 0.6) is 5.75 Å². The Bertz CT molecular complexity index is 1090. The van der Waals surface area contributed by atoms with Crippen molar-refractivity contribution >= 4 is 9.04 Å². The summed E-state index contributed by atoms with van der Waals surface area (Å²) in [4.78, 5) is 13.7. The minimum atomic E-state index is -4.57. The van der Waals surface area contributed by atoms with Crippen LogP contribution in [0.25, 0.3) is 0 Å². The molecule has 1 aliphatic heterocycles. The first-order chi connectivity index (χ1) is 15.0. The third kappa shape index (κ3) is 5.05. The molecule has 0 amide bonds. The van der Waals surface area contributed by atoms with Gasteiger partial charge in [-0.1, -0.05) is 20.8 Å². The molecule has 0 bridgehead atoms. The lowest BCUT2D eigenvalue weighted by Crippen LogP contribution is -2.52. The second kappa shape index (κ2) is 8.59. The molecule has 0 aliphatic carbocycles. The summed E-state index contributed by atoms with van der Waals surface area (Å²) in [7, 11) is -1.44. The van der Waals surface area contributed by atoms with E-state index in [1.54, 1.807) is 26.1 Å². The molecule has 0 radical (unpaired) electrons. The quantitative estimate of drug-likeness (QED) is 0.636. The fourth-order valence-electron chi connectivity index (χ4n) is 4.15. The fraction of sp³-hybridized carbons (Fsp3) is 0.542. The van der Waals surface area contributed by atoms with E-state index < -0.39 is 38.5 Å². The predicted molar refractivity (Wildman–Crippen MR) is 123 cm³/mol. The summed E-state index contributed by atoms with van der Waals surface area (Å²) in [6.45, 7) is 13.4. The number of benzene rings is 1. The third-order valence-electron chi connectivity index (χ3n) is 5.93. The first-order valence-corrected chi connectivity index (χ1v) is 13.8. The van der Waals surface area contributed by atoms with Crippen molar-refractivity contribution in [2.45, 2.75) is 83.7 Å². The number of pyridine rings is 1. The van der Waals surface area contributed by atoms with E-state index in [9.17, 15) is 23.1 Å². The number of aliphatic hydroxyl groups excluding tert-OH is 1. The summed E-state index contributed by atoms with van der Waals surface area (Å²) >= 11 is 0. The fourth-order valence-corrected chi connectivity index (χ4v) is 4.65. The third-order valence-corrected chi connectivity index (χ3v) is 6.76. The normalized spacial score (nSPS) is 20.5. The minimum Gasteiger partial charge on any atom is -0.485 e. The number of alkyl halides is 3. The second-order valence-electron chi connectivity index (χ2n) is 10.4. The molecule has 2 heterocycles. The van der Waals surface area contributed by atoms with Crippen LogP contribution in [0.15, 0.2) is 35.3 Å². The lowest BCUT2D eigenvalue weighted by atomic mass is 9.83. The Labute approximate surface area is 193 Å². The maximum Gasteiger partial charge on any atom is 0.416 e. The van der Waals surface area contributed by atoms with Crippen molar-refractivity contribution in [2.75, 3.05) is 0 Å². The standard InChI is InChI=1S/C24H32F3NO4Si/c1-22(2,3)17-10-11-28(21(30)16(17)13-31-33(6)7)19-15-12-14(24(25,26)27)8-9-18(15)32-23(4,5)20(19)29/h8-12,19-20,29,33H,13H2,1-7H3/t19-,20+/m1/s1. The van der Waals surface area contributed by atoms with Crippen LogP contribution in [0.2, 0.25) is 13.1 Å². The van der Waals surface area contributed by atoms with Gasteiger partial charge in [-0.2, -0.15) is 13.2 Å². The van der Waals surface area contributed by atoms with E-state index in [2.05, 4.69) is 0 Å². The maximum absolute atomic E-state index is 13.7. The predicted octanol–water partition coefficient (Wildman–Crippen LogP) is 4.79.